The van der Waals surface area contributed by atoms with Crippen molar-refractivity contribution >= 4 is 0 Å². The van der Waals surface area contributed by atoms with Gasteiger partial charge in [0.25, 0.3) is 0 Å². The fourth-order valence-corrected chi connectivity index (χ4v) is 3.22. The number of rotatable bonds is 4. The molecule has 0 aromatic heterocycles. The zero-order valence-electron chi connectivity index (χ0n) is 11.0. The quantitative estimate of drug-likeness (QED) is 0.840. The number of nitrogens with one attached hydrogen (secondary N) is 1. The van der Waals surface area contributed by atoms with E-state index in [1.54, 1.807) is 0 Å². The van der Waals surface area contributed by atoms with Gasteiger partial charge in [-0.25, -0.2) is 0 Å². The highest BCUT2D eigenvalue weighted by atomic mass is 19.4. The van der Waals surface area contributed by atoms with Crippen LogP contribution < -0.4 is 5.32 Å². The summed E-state index contributed by atoms with van der Waals surface area (Å²) in [5.41, 5.74) is 0. The number of alkyl halides is 3. The minimum absolute atomic E-state index is 0.254. The van der Waals surface area contributed by atoms with Crippen LogP contribution in [0.3, 0.4) is 0 Å². The average Bonchev–Trinajstić information content (AvgIpc) is 2.70. The predicted octanol–water partition coefficient (Wildman–Crippen LogP) is 2.79. The second-order valence-electron chi connectivity index (χ2n) is 5.77. The topological polar surface area (TPSA) is 15.3 Å². The van der Waals surface area contributed by atoms with Crippen molar-refractivity contribution in [2.75, 3.05) is 19.6 Å². The molecule has 2 nitrogen and oxygen atoms in total. The van der Waals surface area contributed by atoms with Gasteiger partial charge in [0, 0.05) is 31.6 Å². The molecule has 2 heterocycles. The largest absolute Gasteiger partial charge is 0.389 e. The standard InChI is InChI=1S/C13H23F3N2/c1-10(4-2-6-13(14,15)16)18-8-11-5-3-7-17-12(11)9-18/h10-12,17H,2-9H2,1H3. The van der Waals surface area contributed by atoms with Gasteiger partial charge in [0.1, 0.15) is 0 Å². The molecule has 3 atom stereocenters. The Kier molecular flexibility index (Phi) is 4.54. The molecule has 1 N–H and O–H groups in total. The SMILES string of the molecule is CC(CCCC(F)(F)F)N1CC2CCCNC2C1. The molecule has 3 unspecified atom stereocenters. The first kappa shape index (κ1) is 14.1. The smallest absolute Gasteiger partial charge is 0.312 e. The van der Waals surface area contributed by atoms with Crippen molar-refractivity contribution in [1.82, 2.24) is 10.2 Å². The monoisotopic (exact) mass is 264 g/mol. The zero-order valence-corrected chi connectivity index (χ0v) is 11.0. The molecular weight excluding hydrogens is 241 g/mol. The van der Waals surface area contributed by atoms with Crippen molar-refractivity contribution in [3.05, 3.63) is 0 Å². The first-order valence-corrected chi connectivity index (χ1v) is 7.00. The molecule has 0 bridgehead atoms. The van der Waals surface area contributed by atoms with E-state index in [4.69, 9.17) is 0 Å². The summed E-state index contributed by atoms with van der Waals surface area (Å²) < 4.78 is 36.3. The Bertz CT molecular complexity index is 253. The summed E-state index contributed by atoms with van der Waals surface area (Å²) in [5.74, 6) is 0.712. The molecule has 0 saturated carbocycles. The first-order valence-electron chi connectivity index (χ1n) is 7.00. The lowest BCUT2D eigenvalue weighted by Crippen LogP contribution is -2.41. The van der Waals surface area contributed by atoms with E-state index >= 15 is 0 Å². The molecule has 2 rings (SSSR count). The highest BCUT2D eigenvalue weighted by Crippen LogP contribution is 2.28. The average molecular weight is 264 g/mol. The fourth-order valence-electron chi connectivity index (χ4n) is 3.22. The van der Waals surface area contributed by atoms with Crippen molar-refractivity contribution in [3.8, 4) is 0 Å². The maximum atomic E-state index is 12.1. The molecule has 0 radical (unpaired) electrons. The summed E-state index contributed by atoms with van der Waals surface area (Å²) in [4.78, 5) is 2.37. The molecule has 0 amide bonds. The van der Waals surface area contributed by atoms with Crippen molar-refractivity contribution in [3.63, 3.8) is 0 Å². The van der Waals surface area contributed by atoms with Crippen LogP contribution in [0.4, 0.5) is 13.2 Å². The summed E-state index contributed by atoms with van der Waals surface area (Å²) >= 11 is 0. The minimum Gasteiger partial charge on any atom is -0.312 e. The second-order valence-corrected chi connectivity index (χ2v) is 5.77. The van der Waals surface area contributed by atoms with Gasteiger partial charge >= 0.3 is 6.18 Å². The van der Waals surface area contributed by atoms with Crippen LogP contribution in [-0.2, 0) is 0 Å². The van der Waals surface area contributed by atoms with Gasteiger partial charge in [-0.3, -0.25) is 4.90 Å². The summed E-state index contributed by atoms with van der Waals surface area (Å²) in [6.07, 6.45) is -1.24. The van der Waals surface area contributed by atoms with E-state index in [1.807, 2.05) is 0 Å². The Morgan fingerprint density at radius 2 is 2.11 bits per heavy atom. The van der Waals surface area contributed by atoms with Gasteiger partial charge in [-0.2, -0.15) is 13.2 Å². The Morgan fingerprint density at radius 1 is 1.33 bits per heavy atom. The molecule has 2 aliphatic rings. The van der Waals surface area contributed by atoms with Gasteiger partial charge in [0.15, 0.2) is 0 Å². The zero-order chi connectivity index (χ0) is 13.2. The number of likely N-dealkylation sites (tertiary alicyclic amines) is 1. The third-order valence-electron chi connectivity index (χ3n) is 4.33. The Labute approximate surface area is 107 Å². The number of piperidine rings is 1. The highest BCUT2D eigenvalue weighted by Gasteiger charge is 2.36. The fraction of sp³-hybridized carbons (Fsp3) is 1.00. The molecule has 0 aromatic carbocycles. The molecular formula is C13H23F3N2. The van der Waals surface area contributed by atoms with E-state index in [2.05, 4.69) is 17.1 Å². The van der Waals surface area contributed by atoms with Crippen LogP contribution in [0.25, 0.3) is 0 Å². The molecule has 0 aromatic rings. The van der Waals surface area contributed by atoms with E-state index in [9.17, 15) is 13.2 Å². The third-order valence-corrected chi connectivity index (χ3v) is 4.33. The molecule has 18 heavy (non-hydrogen) atoms. The lowest BCUT2D eigenvalue weighted by atomic mass is 9.94. The third kappa shape index (κ3) is 3.85. The van der Waals surface area contributed by atoms with E-state index in [0.717, 1.165) is 19.6 Å². The van der Waals surface area contributed by atoms with Crippen LogP contribution in [-0.4, -0.2) is 42.8 Å². The van der Waals surface area contributed by atoms with Gasteiger partial charge in [-0.05, 0) is 45.1 Å². The number of nitrogens with zero attached hydrogens (tertiary/aromatic N) is 1. The Morgan fingerprint density at radius 3 is 2.78 bits per heavy atom. The van der Waals surface area contributed by atoms with Gasteiger partial charge < -0.3 is 5.32 Å². The van der Waals surface area contributed by atoms with Gasteiger partial charge in [-0.15, -0.1) is 0 Å². The van der Waals surface area contributed by atoms with Crippen molar-refractivity contribution in [1.29, 1.82) is 0 Å². The first-order chi connectivity index (χ1) is 8.46. The van der Waals surface area contributed by atoms with Crippen molar-refractivity contribution in [2.45, 2.75) is 57.3 Å². The molecule has 5 heteroatoms. The van der Waals surface area contributed by atoms with Crippen LogP contribution in [0.15, 0.2) is 0 Å². The molecule has 2 fully saturated rings. The normalized spacial score (nSPS) is 31.3. The van der Waals surface area contributed by atoms with E-state index in [1.165, 1.54) is 12.8 Å². The van der Waals surface area contributed by atoms with Crippen LogP contribution in [0.5, 0.6) is 0 Å². The minimum atomic E-state index is -4.00. The summed E-state index contributed by atoms with van der Waals surface area (Å²) in [6.45, 7) is 5.23. The maximum Gasteiger partial charge on any atom is 0.389 e. The van der Waals surface area contributed by atoms with Crippen LogP contribution in [0, 0.1) is 5.92 Å². The molecule has 0 spiro atoms. The number of hydrogen-bond donors (Lipinski definition) is 1. The number of hydrogen-bond acceptors (Lipinski definition) is 2. The van der Waals surface area contributed by atoms with Gasteiger partial charge in [-0.1, -0.05) is 0 Å². The lowest BCUT2D eigenvalue weighted by molar-refractivity contribution is -0.136. The molecule has 0 aliphatic carbocycles. The summed E-state index contributed by atoms with van der Waals surface area (Å²) in [6, 6.07) is 0.851. The maximum absolute atomic E-state index is 12.1. The Hall–Kier alpha value is -0.290. The van der Waals surface area contributed by atoms with Crippen LogP contribution in [0.2, 0.25) is 0 Å². The number of fused-ring (bicyclic) bond motifs is 1. The van der Waals surface area contributed by atoms with Crippen LogP contribution in [0.1, 0.15) is 39.0 Å². The number of halogens is 3. The molecule has 2 saturated heterocycles. The van der Waals surface area contributed by atoms with Crippen LogP contribution >= 0.6 is 0 Å². The van der Waals surface area contributed by atoms with Crippen molar-refractivity contribution in [2.24, 2.45) is 5.92 Å². The lowest BCUT2D eigenvalue weighted by Gasteiger charge is -2.25. The molecule has 2 aliphatic heterocycles. The van der Waals surface area contributed by atoms with Gasteiger partial charge in [0.2, 0.25) is 0 Å². The summed E-state index contributed by atoms with van der Waals surface area (Å²) in [7, 11) is 0. The second kappa shape index (κ2) is 5.78. The highest BCUT2D eigenvalue weighted by molar-refractivity contribution is 4.93. The summed E-state index contributed by atoms with van der Waals surface area (Å²) in [5, 5.41) is 3.52. The van der Waals surface area contributed by atoms with Crippen molar-refractivity contribution < 1.29 is 13.2 Å². The Balaban J connectivity index is 1.71. The van der Waals surface area contributed by atoms with E-state index in [-0.39, 0.29) is 12.5 Å². The van der Waals surface area contributed by atoms with Gasteiger partial charge in [0.05, 0.1) is 0 Å². The van der Waals surface area contributed by atoms with E-state index < -0.39 is 12.6 Å². The van der Waals surface area contributed by atoms with E-state index in [0.29, 0.717) is 18.4 Å². The molecule has 106 valence electrons. The predicted molar refractivity (Wildman–Crippen MR) is 65.5 cm³/mol.